The first kappa shape index (κ1) is 18.1. The first-order chi connectivity index (χ1) is 12.1. The van der Waals surface area contributed by atoms with Gasteiger partial charge in [-0.25, -0.2) is 4.68 Å². The number of carbonyl (C=O) groups excluding carboxylic acids is 1. The molecule has 2 aromatic rings. The highest BCUT2D eigenvalue weighted by Crippen LogP contribution is 2.23. The topological polar surface area (TPSA) is 60.5 Å². The minimum Gasteiger partial charge on any atom is -0.466 e. The zero-order valence-electron chi connectivity index (χ0n) is 14.0. The maximum Gasteiger partial charge on any atom is 0.310 e. The van der Waals surface area contributed by atoms with Crippen molar-refractivity contribution in [3.8, 4) is 11.5 Å². The Hall–Kier alpha value is -1.70. The second kappa shape index (κ2) is 8.12. The molecule has 8 heteroatoms. The third-order valence-corrected chi connectivity index (χ3v) is 4.67. The molecule has 1 aliphatic heterocycles. The highest BCUT2D eigenvalue weighted by atomic mass is 35.5. The van der Waals surface area contributed by atoms with Crippen molar-refractivity contribution >= 4 is 29.8 Å². The minimum absolute atomic E-state index is 0.0952. The van der Waals surface area contributed by atoms with E-state index in [9.17, 15) is 4.79 Å². The second-order valence-electron chi connectivity index (χ2n) is 5.99. The summed E-state index contributed by atoms with van der Waals surface area (Å²) in [5, 5.41) is 5.06. The molecule has 2 heterocycles. The Labute approximate surface area is 156 Å². The molecule has 1 unspecified atom stereocenters. The van der Waals surface area contributed by atoms with Crippen molar-refractivity contribution < 1.29 is 13.9 Å². The molecule has 1 aromatic carbocycles. The van der Waals surface area contributed by atoms with Gasteiger partial charge >= 0.3 is 5.97 Å². The molecule has 0 spiro atoms. The maximum atomic E-state index is 12.0. The number of benzene rings is 1. The number of esters is 1. The van der Waals surface area contributed by atoms with Crippen LogP contribution in [-0.4, -0.2) is 40.3 Å². The van der Waals surface area contributed by atoms with Crippen LogP contribution in [0.2, 0.25) is 5.02 Å². The van der Waals surface area contributed by atoms with Gasteiger partial charge in [-0.05, 0) is 56.7 Å². The lowest BCUT2D eigenvalue weighted by Gasteiger charge is -2.30. The van der Waals surface area contributed by atoms with Crippen LogP contribution in [0.3, 0.4) is 0 Å². The second-order valence-corrected chi connectivity index (χ2v) is 6.78. The van der Waals surface area contributed by atoms with Crippen LogP contribution in [0.1, 0.15) is 19.8 Å². The van der Waals surface area contributed by atoms with E-state index in [2.05, 4.69) is 10.00 Å². The molecule has 1 aromatic heterocycles. The third kappa shape index (κ3) is 4.48. The minimum atomic E-state index is -0.129. The van der Waals surface area contributed by atoms with Crippen molar-refractivity contribution in [1.29, 1.82) is 0 Å². The largest absolute Gasteiger partial charge is 0.466 e. The van der Waals surface area contributed by atoms with Gasteiger partial charge in [-0.15, -0.1) is 5.10 Å². The molecule has 6 nitrogen and oxygen atoms in total. The van der Waals surface area contributed by atoms with Crippen LogP contribution >= 0.6 is 23.8 Å². The van der Waals surface area contributed by atoms with Gasteiger partial charge in [0.25, 0.3) is 4.84 Å². The molecule has 0 saturated carbocycles. The van der Waals surface area contributed by atoms with Crippen LogP contribution in [0, 0.1) is 10.8 Å². The molecule has 3 rings (SSSR count). The van der Waals surface area contributed by atoms with Crippen LogP contribution in [0.25, 0.3) is 11.5 Å². The number of hydrogen-bond acceptors (Lipinski definition) is 6. The lowest BCUT2D eigenvalue weighted by atomic mass is 9.99. The van der Waals surface area contributed by atoms with E-state index in [4.69, 9.17) is 33.0 Å². The molecule has 25 heavy (non-hydrogen) atoms. The summed E-state index contributed by atoms with van der Waals surface area (Å²) in [6.07, 6.45) is 1.79. The van der Waals surface area contributed by atoms with Crippen LogP contribution < -0.4 is 0 Å². The van der Waals surface area contributed by atoms with E-state index in [-0.39, 0.29) is 11.9 Å². The van der Waals surface area contributed by atoms with Crippen molar-refractivity contribution in [2.24, 2.45) is 5.92 Å². The summed E-state index contributed by atoms with van der Waals surface area (Å²) >= 11 is 11.3. The van der Waals surface area contributed by atoms with Gasteiger partial charge in [0.15, 0.2) is 0 Å². The van der Waals surface area contributed by atoms with E-state index in [1.54, 1.807) is 16.8 Å². The molecule has 1 fully saturated rings. The Morgan fingerprint density at radius 2 is 2.36 bits per heavy atom. The smallest absolute Gasteiger partial charge is 0.310 e. The van der Waals surface area contributed by atoms with Gasteiger partial charge in [0.1, 0.15) is 0 Å². The maximum absolute atomic E-state index is 12.0. The number of rotatable bonds is 5. The SMILES string of the molecule is CCOC(=O)C1CCCN(Cn2nc(-c3cccc(Cl)c3)oc2=S)C1. The highest BCUT2D eigenvalue weighted by molar-refractivity contribution is 7.71. The highest BCUT2D eigenvalue weighted by Gasteiger charge is 2.27. The lowest BCUT2D eigenvalue weighted by molar-refractivity contribution is -0.150. The number of aromatic nitrogens is 2. The summed E-state index contributed by atoms with van der Waals surface area (Å²) in [7, 11) is 0. The van der Waals surface area contributed by atoms with E-state index in [0.29, 0.717) is 35.6 Å². The summed E-state index contributed by atoms with van der Waals surface area (Å²) in [4.78, 5) is 14.4. The van der Waals surface area contributed by atoms with E-state index in [1.165, 1.54) is 0 Å². The number of halogens is 1. The number of hydrogen-bond donors (Lipinski definition) is 0. The molecular weight excluding hydrogens is 362 g/mol. The third-order valence-electron chi connectivity index (χ3n) is 4.14. The van der Waals surface area contributed by atoms with Crippen LogP contribution in [0.5, 0.6) is 0 Å². The van der Waals surface area contributed by atoms with Crippen LogP contribution in [-0.2, 0) is 16.2 Å². The van der Waals surface area contributed by atoms with Crippen molar-refractivity contribution in [1.82, 2.24) is 14.7 Å². The van der Waals surface area contributed by atoms with Gasteiger partial charge < -0.3 is 9.15 Å². The summed E-state index contributed by atoms with van der Waals surface area (Å²) in [5.41, 5.74) is 0.778. The predicted molar refractivity (Wildman–Crippen MR) is 96.7 cm³/mol. The monoisotopic (exact) mass is 381 g/mol. The van der Waals surface area contributed by atoms with Gasteiger partial charge in [0.05, 0.1) is 19.2 Å². The predicted octanol–water partition coefficient (Wildman–Crippen LogP) is 3.76. The Balaban J connectivity index is 1.71. The average molecular weight is 382 g/mol. The number of nitrogens with zero attached hydrogens (tertiary/aromatic N) is 3. The van der Waals surface area contributed by atoms with E-state index in [0.717, 1.165) is 24.9 Å². The Morgan fingerprint density at radius 1 is 1.52 bits per heavy atom. The number of likely N-dealkylation sites (tertiary alicyclic amines) is 1. The summed E-state index contributed by atoms with van der Waals surface area (Å²) in [6.45, 7) is 4.24. The van der Waals surface area contributed by atoms with Gasteiger partial charge in [0, 0.05) is 17.1 Å². The quantitative estimate of drug-likeness (QED) is 0.580. The fourth-order valence-corrected chi connectivity index (χ4v) is 3.33. The molecule has 0 amide bonds. The lowest BCUT2D eigenvalue weighted by Crippen LogP contribution is -2.40. The molecule has 0 aliphatic carbocycles. The first-order valence-corrected chi connectivity index (χ1v) is 9.08. The molecule has 0 N–H and O–H groups in total. The normalized spacial score (nSPS) is 18.2. The van der Waals surface area contributed by atoms with Gasteiger partial charge in [-0.2, -0.15) is 0 Å². The summed E-state index contributed by atoms with van der Waals surface area (Å²) in [6, 6.07) is 7.28. The molecule has 134 valence electrons. The standard InChI is InChI=1S/C17H20ClN3O3S/c1-2-23-16(22)13-6-4-8-20(10-13)11-21-17(25)24-15(19-21)12-5-3-7-14(18)9-12/h3,5,7,9,13H,2,4,6,8,10-11H2,1H3. The van der Waals surface area contributed by atoms with Gasteiger partial charge in [0.2, 0.25) is 5.89 Å². The van der Waals surface area contributed by atoms with E-state index >= 15 is 0 Å². The first-order valence-electron chi connectivity index (χ1n) is 8.29. The van der Waals surface area contributed by atoms with Crippen molar-refractivity contribution in [2.45, 2.75) is 26.4 Å². The van der Waals surface area contributed by atoms with Crippen LogP contribution in [0.4, 0.5) is 0 Å². The fraction of sp³-hybridized carbons (Fsp3) is 0.471. The Kier molecular flexibility index (Phi) is 5.88. The summed E-state index contributed by atoms with van der Waals surface area (Å²) < 4.78 is 12.4. The average Bonchev–Trinajstić information content (AvgIpc) is 2.96. The molecule has 1 saturated heterocycles. The summed E-state index contributed by atoms with van der Waals surface area (Å²) in [5.74, 6) is 0.212. The zero-order chi connectivity index (χ0) is 17.8. The van der Waals surface area contributed by atoms with Crippen LogP contribution in [0.15, 0.2) is 28.7 Å². The van der Waals surface area contributed by atoms with Crippen molar-refractivity contribution in [2.75, 3.05) is 19.7 Å². The molecule has 1 atom stereocenters. The number of ether oxygens (including phenoxy) is 1. The Bertz CT molecular complexity index is 804. The molecular formula is C17H20ClN3O3S. The number of carbonyl (C=O) groups is 1. The van der Waals surface area contributed by atoms with Gasteiger partial charge in [-0.3, -0.25) is 9.69 Å². The van der Waals surface area contributed by atoms with E-state index < -0.39 is 0 Å². The fourth-order valence-electron chi connectivity index (χ4n) is 2.96. The van der Waals surface area contributed by atoms with Crippen molar-refractivity contribution in [3.05, 3.63) is 34.1 Å². The Morgan fingerprint density at radius 3 is 3.12 bits per heavy atom. The zero-order valence-corrected chi connectivity index (χ0v) is 15.6. The van der Waals surface area contributed by atoms with Crippen molar-refractivity contribution in [3.63, 3.8) is 0 Å². The number of piperidine rings is 1. The van der Waals surface area contributed by atoms with E-state index in [1.807, 2.05) is 19.1 Å². The molecule has 0 bridgehead atoms. The molecule has 0 radical (unpaired) electrons. The van der Waals surface area contributed by atoms with Gasteiger partial charge in [-0.1, -0.05) is 17.7 Å². The molecule has 1 aliphatic rings.